The average molecular weight is 371 g/mol. The molecule has 0 saturated heterocycles. The van der Waals surface area contributed by atoms with Crippen LogP contribution in [0, 0.1) is 0 Å². The molecule has 2 aromatic heterocycles. The summed E-state index contributed by atoms with van der Waals surface area (Å²) in [5.74, 6) is 0. The molecule has 0 radical (unpaired) electrons. The first-order valence-corrected chi connectivity index (χ1v) is 8.05. The maximum Gasteiger partial charge on any atom is 0.137 e. The summed E-state index contributed by atoms with van der Waals surface area (Å²) in [6.07, 6.45) is 4.07. The molecule has 3 nitrogen and oxygen atoms in total. The SMILES string of the molecule is Cl.OCc1cccc(-c2ccc3nc(-c4ccc(Cl)cc4)cn3c2)c1. The van der Waals surface area contributed by atoms with Gasteiger partial charge in [0, 0.05) is 23.0 Å². The first-order valence-electron chi connectivity index (χ1n) is 7.68. The van der Waals surface area contributed by atoms with Gasteiger partial charge in [-0.1, -0.05) is 41.9 Å². The molecule has 0 bridgehead atoms. The molecule has 0 spiro atoms. The van der Waals surface area contributed by atoms with E-state index in [1.165, 1.54) is 0 Å². The van der Waals surface area contributed by atoms with Crippen LogP contribution in [0.5, 0.6) is 0 Å². The van der Waals surface area contributed by atoms with Crippen molar-refractivity contribution >= 4 is 29.7 Å². The summed E-state index contributed by atoms with van der Waals surface area (Å²) in [6, 6.07) is 19.6. The largest absolute Gasteiger partial charge is 0.392 e. The van der Waals surface area contributed by atoms with Crippen LogP contribution in [0.15, 0.2) is 73.1 Å². The highest BCUT2D eigenvalue weighted by Gasteiger charge is 2.06. The molecule has 0 fully saturated rings. The third-order valence-electron chi connectivity index (χ3n) is 4.03. The van der Waals surface area contributed by atoms with Crippen molar-refractivity contribution in [2.45, 2.75) is 6.61 Å². The summed E-state index contributed by atoms with van der Waals surface area (Å²) in [5.41, 5.74) is 5.89. The number of rotatable bonds is 3. The van der Waals surface area contributed by atoms with Crippen molar-refractivity contribution in [2.75, 3.05) is 0 Å². The molecule has 0 unspecified atom stereocenters. The molecule has 0 aliphatic heterocycles. The quantitative estimate of drug-likeness (QED) is 0.535. The number of halogens is 2. The molecule has 0 amide bonds. The Morgan fingerprint density at radius 1 is 0.880 bits per heavy atom. The smallest absolute Gasteiger partial charge is 0.137 e. The Hall–Kier alpha value is -2.33. The molecule has 0 saturated carbocycles. The van der Waals surface area contributed by atoms with Gasteiger partial charge in [0.1, 0.15) is 5.65 Å². The van der Waals surface area contributed by atoms with Gasteiger partial charge in [-0.2, -0.15) is 0 Å². The van der Waals surface area contributed by atoms with E-state index < -0.39 is 0 Å². The zero-order valence-corrected chi connectivity index (χ0v) is 14.8. The van der Waals surface area contributed by atoms with Gasteiger partial charge in [0.05, 0.1) is 12.3 Å². The van der Waals surface area contributed by atoms with Crippen molar-refractivity contribution < 1.29 is 5.11 Å². The van der Waals surface area contributed by atoms with Gasteiger partial charge in [0.25, 0.3) is 0 Å². The van der Waals surface area contributed by atoms with Gasteiger partial charge in [0.2, 0.25) is 0 Å². The summed E-state index contributed by atoms with van der Waals surface area (Å²) in [6.45, 7) is 0.0435. The molecular weight excluding hydrogens is 355 g/mol. The fourth-order valence-corrected chi connectivity index (χ4v) is 2.90. The number of hydrogen-bond acceptors (Lipinski definition) is 2. The molecule has 0 aliphatic carbocycles. The van der Waals surface area contributed by atoms with Crippen molar-refractivity contribution in [3.05, 3.63) is 83.6 Å². The number of aliphatic hydroxyl groups is 1. The fourth-order valence-electron chi connectivity index (χ4n) is 2.77. The molecule has 2 aromatic carbocycles. The van der Waals surface area contributed by atoms with E-state index in [2.05, 4.69) is 11.2 Å². The van der Waals surface area contributed by atoms with E-state index in [9.17, 15) is 5.11 Å². The number of fused-ring (bicyclic) bond motifs is 1. The minimum Gasteiger partial charge on any atom is -0.392 e. The zero-order chi connectivity index (χ0) is 16.5. The molecule has 5 heteroatoms. The summed E-state index contributed by atoms with van der Waals surface area (Å²) in [4.78, 5) is 4.66. The van der Waals surface area contributed by atoms with Crippen molar-refractivity contribution in [1.29, 1.82) is 0 Å². The predicted octanol–water partition coefficient (Wildman–Crippen LogP) is 5.24. The van der Waals surface area contributed by atoms with Crippen LogP contribution in [0.1, 0.15) is 5.56 Å². The Morgan fingerprint density at radius 3 is 2.40 bits per heavy atom. The number of imidazole rings is 1. The molecule has 25 heavy (non-hydrogen) atoms. The van der Waals surface area contributed by atoms with Crippen molar-refractivity contribution in [1.82, 2.24) is 9.38 Å². The normalized spacial score (nSPS) is 10.6. The summed E-state index contributed by atoms with van der Waals surface area (Å²) in [7, 11) is 0. The second-order valence-electron chi connectivity index (χ2n) is 5.67. The summed E-state index contributed by atoms with van der Waals surface area (Å²) >= 11 is 5.95. The van der Waals surface area contributed by atoms with E-state index in [1.54, 1.807) is 0 Å². The van der Waals surface area contributed by atoms with Crippen LogP contribution in [0.25, 0.3) is 28.0 Å². The number of aliphatic hydroxyl groups excluding tert-OH is 1. The highest BCUT2D eigenvalue weighted by Crippen LogP contribution is 2.25. The van der Waals surface area contributed by atoms with Crippen molar-refractivity contribution in [3.8, 4) is 22.4 Å². The third kappa shape index (κ3) is 3.54. The molecule has 0 aliphatic rings. The Morgan fingerprint density at radius 2 is 1.64 bits per heavy atom. The lowest BCUT2D eigenvalue weighted by atomic mass is 10.1. The predicted molar refractivity (Wildman–Crippen MR) is 104 cm³/mol. The maximum atomic E-state index is 9.30. The fraction of sp³-hybridized carbons (Fsp3) is 0.0500. The van der Waals surface area contributed by atoms with E-state index in [0.717, 1.165) is 33.6 Å². The number of pyridine rings is 1. The topological polar surface area (TPSA) is 37.5 Å². The lowest BCUT2D eigenvalue weighted by Gasteiger charge is -2.04. The van der Waals surface area contributed by atoms with Crippen molar-refractivity contribution in [3.63, 3.8) is 0 Å². The van der Waals surface area contributed by atoms with Crippen LogP contribution >= 0.6 is 24.0 Å². The molecule has 126 valence electrons. The lowest BCUT2D eigenvalue weighted by Crippen LogP contribution is -1.87. The Labute approximate surface area is 156 Å². The zero-order valence-electron chi connectivity index (χ0n) is 13.3. The highest BCUT2D eigenvalue weighted by atomic mass is 35.5. The Balaban J connectivity index is 0.00000182. The minimum atomic E-state index is 0. The van der Waals surface area contributed by atoms with Gasteiger partial charge in [-0.15, -0.1) is 12.4 Å². The van der Waals surface area contributed by atoms with E-state index in [4.69, 9.17) is 11.6 Å². The van der Waals surface area contributed by atoms with Crippen molar-refractivity contribution in [2.24, 2.45) is 0 Å². The molecule has 0 atom stereocenters. The monoisotopic (exact) mass is 370 g/mol. The number of nitrogens with zero attached hydrogens (tertiary/aromatic N) is 2. The van der Waals surface area contributed by atoms with Gasteiger partial charge in [-0.05, 0) is 47.0 Å². The van der Waals surface area contributed by atoms with Gasteiger partial charge < -0.3 is 9.51 Å². The van der Waals surface area contributed by atoms with Crippen LogP contribution in [0.2, 0.25) is 5.02 Å². The highest BCUT2D eigenvalue weighted by molar-refractivity contribution is 6.30. The number of aromatic nitrogens is 2. The standard InChI is InChI=1S/C20H15ClN2O.ClH/c21-18-7-4-15(5-8-18)19-12-23-11-17(6-9-20(23)22-19)16-3-1-2-14(10-16)13-24;/h1-12,24H,13H2;1H. The van der Waals surface area contributed by atoms with E-state index in [-0.39, 0.29) is 19.0 Å². The Bertz CT molecular complexity index is 1010. The number of hydrogen-bond donors (Lipinski definition) is 1. The van der Waals surface area contributed by atoms with Crippen LogP contribution in [-0.4, -0.2) is 14.5 Å². The average Bonchev–Trinajstić information content (AvgIpc) is 3.05. The first kappa shape index (κ1) is 17.5. The Kier molecular flexibility index (Phi) is 5.09. The van der Waals surface area contributed by atoms with Gasteiger partial charge in [-0.3, -0.25) is 0 Å². The molecule has 4 aromatic rings. The van der Waals surface area contributed by atoms with Crippen LogP contribution in [0.4, 0.5) is 0 Å². The van der Waals surface area contributed by atoms with E-state index in [1.807, 2.05) is 71.3 Å². The van der Waals surface area contributed by atoms with Gasteiger partial charge >= 0.3 is 0 Å². The summed E-state index contributed by atoms with van der Waals surface area (Å²) in [5, 5.41) is 10.0. The van der Waals surface area contributed by atoms with E-state index in [0.29, 0.717) is 5.02 Å². The molecule has 4 rings (SSSR count). The maximum absolute atomic E-state index is 9.30. The summed E-state index contributed by atoms with van der Waals surface area (Å²) < 4.78 is 2.02. The van der Waals surface area contributed by atoms with Crippen LogP contribution in [-0.2, 0) is 6.61 Å². The second-order valence-corrected chi connectivity index (χ2v) is 6.11. The van der Waals surface area contributed by atoms with Crippen LogP contribution < -0.4 is 0 Å². The molecular formula is C20H16Cl2N2O. The van der Waals surface area contributed by atoms with E-state index >= 15 is 0 Å². The lowest BCUT2D eigenvalue weighted by molar-refractivity contribution is 0.282. The first-order chi connectivity index (χ1) is 11.7. The molecule has 2 heterocycles. The minimum absolute atomic E-state index is 0. The molecule has 1 N–H and O–H groups in total. The van der Waals surface area contributed by atoms with Gasteiger partial charge in [0.15, 0.2) is 0 Å². The second kappa shape index (κ2) is 7.28. The number of benzene rings is 2. The van der Waals surface area contributed by atoms with Crippen LogP contribution in [0.3, 0.4) is 0 Å². The van der Waals surface area contributed by atoms with Gasteiger partial charge in [-0.25, -0.2) is 4.98 Å². The third-order valence-corrected chi connectivity index (χ3v) is 4.29.